The molecule has 0 fully saturated rings. The van der Waals surface area contributed by atoms with Crippen LogP contribution in [0.4, 0.5) is 4.39 Å². The van der Waals surface area contributed by atoms with Gasteiger partial charge in [0.25, 0.3) is 5.91 Å². The summed E-state index contributed by atoms with van der Waals surface area (Å²) in [5.41, 5.74) is 2.03. The maximum Gasteiger partial charge on any atom is 0.290 e. The Morgan fingerprint density at radius 3 is 2.29 bits per heavy atom. The number of aliphatic hydroxyl groups is 1. The van der Waals surface area contributed by atoms with Gasteiger partial charge in [0.15, 0.2) is 5.76 Å². The Kier molecular flexibility index (Phi) is 5.62. The highest BCUT2D eigenvalue weighted by Gasteiger charge is 2.42. The quantitative estimate of drug-likeness (QED) is 0.618. The molecule has 1 atom stereocenters. The maximum absolute atomic E-state index is 14.9. The zero-order valence-corrected chi connectivity index (χ0v) is 17.2. The summed E-state index contributed by atoms with van der Waals surface area (Å²) < 4.78 is 25.5. The van der Waals surface area contributed by atoms with E-state index in [1.54, 1.807) is 62.8 Å². The van der Waals surface area contributed by atoms with E-state index in [1.807, 2.05) is 18.2 Å². The van der Waals surface area contributed by atoms with Gasteiger partial charge in [-0.15, -0.1) is 0 Å². The van der Waals surface area contributed by atoms with E-state index < -0.39 is 23.5 Å². The van der Waals surface area contributed by atoms with E-state index in [1.165, 1.54) is 11.0 Å². The fourth-order valence-electron chi connectivity index (χ4n) is 3.92. The van der Waals surface area contributed by atoms with E-state index in [9.17, 15) is 14.3 Å². The van der Waals surface area contributed by atoms with Crippen LogP contribution in [0, 0.1) is 5.82 Å². The van der Waals surface area contributed by atoms with E-state index in [0.717, 1.165) is 5.56 Å². The molecule has 31 heavy (non-hydrogen) atoms. The summed E-state index contributed by atoms with van der Waals surface area (Å²) in [6.07, 6.45) is 0. The Hall–Kier alpha value is -3.80. The van der Waals surface area contributed by atoms with Crippen LogP contribution >= 0.6 is 0 Å². The average Bonchev–Trinajstić information content (AvgIpc) is 3.04. The molecule has 0 aromatic heterocycles. The van der Waals surface area contributed by atoms with Crippen LogP contribution in [0.5, 0.6) is 11.5 Å². The van der Waals surface area contributed by atoms with Crippen molar-refractivity contribution in [3.8, 4) is 11.5 Å². The monoisotopic (exact) mass is 419 g/mol. The van der Waals surface area contributed by atoms with Gasteiger partial charge in [0, 0.05) is 16.7 Å². The lowest BCUT2D eigenvalue weighted by Gasteiger charge is -2.28. The van der Waals surface area contributed by atoms with Gasteiger partial charge in [-0.3, -0.25) is 4.79 Å². The fraction of sp³-hybridized carbons (Fsp3) is 0.160. The largest absolute Gasteiger partial charge is 0.503 e. The molecular formula is C25H22FNO4. The third-order valence-corrected chi connectivity index (χ3v) is 5.44. The smallest absolute Gasteiger partial charge is 0.290 e. The van der Waals surface area contributed by atoms with Gasteiger partial charge >= 0.3 is 0 Å². The fourth-order valence-corrected chi connectivity index (χ4v) is 3.92. The van der Waals surface area contributed by atoms with Gasteiger partial charge in [0.2, 0.25) is 0 Å². The summed E-state index contributed by atoms with van der Waals surface area (Å²) >= 11 is 0. The number of carbonyl (C=O) groups is 1. The topological polar surface area (TPSA) is 59.0 Å². The molecule has 5 nitrogen and oxygen atoms in total. The number of hydrogen-bond donors (Lipinski definition) is 1. The number of ether oxygens (including phenoxy) is 2. The molecule has 0 spiro atoms. The number of rotatable bonds is 6. The second-order valence-corrected chi connectivity index (χ2v) is 7.16. The molecule has 0 aliphatic carbocycles. The van der Waals surface area contributed by atoms with E-state index >= 15 is 0 Å². The number of hydrogen-bond acceptors (Lipinski definition) is 4. The Morgan fingerprint density at radius 1 is 0.935 bits per heavy atom. The van der Waals surface area contributed by atoms with Gasteiger partial charge in [0.1, 0.15) is 17.3 Å². The molecule has 0 bridgehead atoms. The first-order valence-electron chi connectivity index (χ1n) is 9.80. The normalized spacial score (nSPS) is 16.0. The second-order valence-electron chi connectivity index (χ2n) is 7.16. The molecule has 6 heteroatoms. The molecule has 3 aromatic carbocycles. The molecule has 4 rings (SSSR count). The van der Waals surface area contributed by atoms with Crippen molar-refractivity contribution >= 4 is 11.5 Å². The first-order valence-corrected chi connectivity index (χ1v) is 9.80. The third-order valence-electron chi connectivity index (χ3n) is 5.44. The average molecular weight is 419 g/mol. The number of aliphatic hydroxyl groups excluding tert-OH is 1. The van der Waals surface area contributed by atoms with Crippen molar-refractivity contribution in [1.29, 1.82) is 0 Å². The first kappa shape index (κ1) is 20.5. The zero-order chi connectivity index (χ0) is 22.0. The molecule has 1 amide bonds. The number of methoxy groups -OCH3 is 2. The molecule has 1 aliphatic rings. The van der Waals surface area contributed by atoms with Gasteiger partial charge in [-0.2, -0.15) is 0 Å². The van der Waals surface area contributed by atoms with Crippen molar-refractivity contribution in [3.05, 3.63) is 101 Å². The maximum atomic E-state index is 14.9. The summed E-state index contributed by atoms with van der Waals surface area (Å²) in [7, 11) is 3.11. The number of benzene rings is 3. The van der Waals surface area contributed by atoms with Gasteiger partial charge < -0.3 is 19.5 Å². The first-order chi connectivity index (χ1) is 15.0. The van der Waals surface area contributed by atoms with Crippen LogP contribution in [0.2, 0.25) is 0 Å². The van der Waals surface area contributed by atoms with Crippen molar-refractivity contribution in [3.63, 3.8) is 0 Å². The van der Waals surface area contributed by atoms with Crippen LogP contribution in [0.15, 0.2) is 78.6 Å². The van der Waals surface area contributed by atoms with Crippen molar-refractivity contribution in [2.75, 3.05) is 14.2 Å². The van der Waals surface area contributed by atoms with E-state index in [4.69, 9.17) is 9.47 Å². The van der Waals surface area contributed by atoms with E-state index in [0.29, 0.717) is 28.2 Å². The standard InChI is InChI=1S/C25H22FNO4/c1-30-18-13-11-16(12-14-18)22-23(19-8-4-5-9-20(19)26)27(25(29)24(22)28)15-17-7-3-6-10-21(17)31-2/h3-14,23,28H,15H2,1-2H3/t23-/m0/s1. The number of carbonyl (C=O) groups excluding carboxylic acids is 1. The van der Waals surface area contributed by atoms with Crippen LogP contribution in [-0.2, 0) is 11.3 Å². The summed E-state index contributed by atoms with van der Waals surface area (Å²) in [5, 5.41) is 10.8. The van der Waals surface area contributed by atoms with Gasteiger partial charge in [-0.1, -0.05) is 48.5 Å². The molecule has 0 radical (unpaired) electrons. The van der Waals surface area contributed by atoms with Gasteiger partial charge in [-0.25, -0.2) is 4.39 Å². The highest BCUT2D eigenvalue weighted by molar-refractivity contribution is 6.05. The molecule has 0 saturated carbocycles. The lowest BCUT2D eigenvalue weighted by Crippen LogP contribution is -2.30. The molecular weight excluding hydrogens is 397 g/mol. The molecule has 0 unspecified atom stereocenters. The number of halogens is 1. The van der Waals surface area contributed by atoms with Crippen molar-refractivity contribution in [1.82, 2.24) is 4.90 Å². The minimum atomic E-state index is -0.799. The molecule has 3 aromatic rings. The van der Waals surface area contributed by atoms with Crippen LogP contribution in [0.25, 0.3) is 5.57 Å². The van der Waals surface area contributed by atoms with Crippen LogP contribution in [0.3, 0.4) is 0 Å². The van der Waals surface area contributed by atoms with Gasteiger partial charge in [-0.05, 0) is 29.8 Å². The number of nitrogens with zero attached hydrogens (tertiary/aromatic N) is 1. The zero-order valence-electron chi connectivity index (χ0n) is 17.2. The van der Waals surface area contributed by atoms with Crippen molar-refractivity contribution in [2.24, 2.45) is 0 Å². The second kappa shape index (κ2) is 8.52. The van der Waals surface area contributed by atoms with E-state index in [2.05, 4.69) is 0 Å². The Bertz CT molecular complexity index is 1140. The summed E-state index contributed by atoms with van der Waals surface area (Å²) in [4.78, 5) is 14.6. The Labute approximate surface area is 180 Å². The molecule has 1 heterocycles. The highest BCUT2D eigenvalue weighted by atomic mass is 19.1. The van der Waals surface area contributed by atoms with Gasteiger partial charge in [0.05, 0.1) is 26.8 Å². The molecule has 0 saturated heterocycles. The summed E-state index contributed by atoms with van der Waals surface area (Å²) in [6.45, 7) is 0.144. The lowest BCUT2D eigenvalue weighted by molar-refractivity contribution is -0.130. The molecule has 158 valence electrons. The van der Waals surface area contributed by atoms with Crippen LogP contribution < -0.4 is 9.47 Å². The number of para-hydroxylation sites is 1. The highest BCUT2D eigenvalue weighted by Crippen LogP contribution is 2.45. The lowest BCUT2D eigenvalue weighted by atomic mass is 9.93. The molecule has 1 N–H and O–H groups in total. The van der Waals surface area contributed by atoms with Crippen LogP contribution in [-0.4, -0.2) is 30.1 Å². The van der Waals surface area contributed by atoms with Crippen molar-refractivity contribution < 1.29 is 23.8 Å². The summed E-state index contributed by atoms with van der Waals surface area (Å²) in [6, 6.07) is 19.8. The SMILES string of the molecule is COc1ccc(C2=C(O)C(=O)N(Cc3ccccc3OC)[C@H]2c2ccccc2F)cc1. The minimum absolute atomic E-state index is 0.144. The number of amides is 1. The Balaban J connectivity index is 1.83. The Morgan fingerprint density at radius 2 is 1.61 bits per heavy atom. The minimum Gasteiger partial charge on any atom is -0.503 e. The molecule has 1 aliphatic heterocycles. The van der Waals surface area contributed by atoms with Crippen LogP contribution in [0.1, 0.15) is 22.7 Å². The summed E-state index contributed by atoms with van der Waals surface area (Å²) in [5.74, 6) is -0.161. The predicted octanol–water partition coefficient (Wildman–Crippen LogP) is 4.90. The third kappa shape index (κ3) is 3.72. The van der Waals surface area contributed by atoms with E-state index in [-0.39, 0.29) is 6.54 Å². The van der Waals surface area contributed by atoms with Crippen molar-refractivity contribution in [2.45, 2.75) is 12.6 Å². The predicted molar refractivity (Wildman–Crippen MR) is 115 cm³/mol.